The van der Waals surface area contributed by atoms with E-state index in [2.05, 4.69) is 20.7 Å². The Balaban J connectivity index is 2.13. The van der Waals surface area contributed by atoms with Crippen molar-refractivity contribution in [2.24, 2.45) is 5.84 Å². The number of likely N-dealkylation sites (N-methyl/N-ethyl adjacent to an activating group) is 1. The van der Waals surface area contributed by atoms with Crippen molar-refractivity contribution in [1.82, 2.24) is 14.9 Å². The van der Waals surface area contributed by atoms with Gasteiger partial charge in [-0.2, -0.15) is 4.98 Å². The topological polar surface area (TPSA) is 96.2 Å². The molecule has 1 atom stereocenters. The molecule has 1 fully saturated rings. The Bertz CT molecular complexity index is 435. The predicted octanol–water partition coefficient (Wildman–Crippen LogP) is -0.287. The number of hydrogen-bond donors (Lipinski definition) is 3. The number of hydrogen-bond acceptors (Lipinski definition) is 6. The predicted molar refractivity (Wildman–Crippen MR) is 64.2 cm³/mol. The van der Waals surface area contributed by atoms with Gasteiger partial charge in [0.25, 0.3) is 0 Å². The van der Waals surface area contributed by atoms with E-state index >= 15 is 0 Å². The molecule has 0 aromatic carbocycles. The third kappa shape index (κ3) is 2.44. The van der Waals surface area contributed by atoms with E-state index in [-0.39, 0.29) is 11.9 Å². The van der Waals surface area contributed by atoms with Crippen LogP contribution in [0.5, 0.6) is 0 Å². The summed E-state index contributed by atoms with van der Waals surface area (Å²) in [4.78, 5) is 21.7. The zero-order valence-corrected chi connectivity index (χ0v) is 9.90. The smallest absolute Gasteiger partial charge is 0.244 e. The summed E-state index contributed by atoms with van der Waals surface area (Å²) in [5.41, 5.74) is 3.18. The van der Waals surface area contributed by atoms with Crippen molar-refractivity contribution in [3.63, 3.8) is 0 Å². The van der Waals surface area contributed by atoms with E-state index < -0.39 is 0 Å². The van der Waals surface area contributed by atoms with Crippen LogP contribution in [0.2, 0.25) is 0 Å². The van der Waals surface area contributed by atoms with E-state index in [0.717, 1.165) is 18.7 Å². The van der Waals surface area contributed by atoms with Gasteiger partial charge in [0.1, 0.15) is 11.9 Å². The molecule has 0 radical (unpaired) electrons. The molecule has 7 nitrogen and oxygen atoms in total. The lowest BCUT2D eigenvalue weighted by Gasteiger charge is -2.13. The molecule has 92 valence electrons. The minimum Gasteiger partial charge on any atom is -0.358 e. The number of hydrazine groups is 1. The summed E-state index contributed by atoms with van der Waals surface area (Å²) in [6, 6.07) is 1.58. The fourth-order valence-corrected chi connectivity index (χ4v) is 1.84. The third-order valence-corrected chi connectivity index (χ3v) is 2.73. The standard InChI is InChI=1S/C10H16N6O/c1-6-5-8(14-10(12-6)15-11)13-7-3-4-16(2)9(7)17/h5,7H,3-4,11H2,1-2H3,(H2,12,13,14,15). The van der Waals surface area contributed by atoms with Crippen LogP contribution < -0.4 is 16.6 Å². The largest absolute Gasteiger partial charge is 0.358 e. The first kappa shape index (κ1) is 11.6. The van der Waals surface area contributed by atoms with Gasteiger partial charge in [0.15, 0.2) is 0 Å². The number of nitrogens with zero attached hydrogens (tertiary/aromatic N) is 3. The lowest BCUT2D eigenvalue weighted by atomic mass is 10.2. The molecule has 1 saturated heterocycles. The molecule has 7 heteroatoms. The van der Waals surface area contributed by atoms with Gasteiger partial charge in [-0.05, 0) is 13.3 Å². The number of nitrogens with one attached hydrogen (secondary N) is 2. The lowest BCUT2D eigenvalue weighted by molar-refractivity contribution is -0.127. The number of carbonyl (C=O) groups is 1. The summed E-state index contributed by atoms with van der Waals surface area (Å²) >= 11 is 0. The zero-order chi connectivity index (χ0) is 12.4. The molecule has 0 bridgehead atoms. The number of aromatic nitrogens is 2. The van der Waals surface area contributed by atoms with E-state index in [9.17, 15) is 4.79 Å². The quantitative estimate of drug-likeness (QED) is 0.493. The van der Waals surface area contributed by atoms with E-state index in [1.165, 1.54) is 0 Å². The average molecular weight is 236 g/mol. The van der Waals surface area contributed by atoms with E-state index in [0.29, 0.717) is 11.8 Å². The summed E-state index contributed by atoms with van der Waals surface area (Å²) in [5.74, 6) is 6.30. The van der Waals surface area contributed by atoms with E-state index in [1.54, 1.807) is 18.0 Å². The Morgan fingerprint density at radius 3 is 2.88 bits per heavy atom. The number of nitrogen functional groups attached to an aromatic ring is 1. The van der Waals surface area contributed by atoms with Crippen LogP contribution in [0.4, 0.5) is 11.8 Å². The van der Waals surface area contributed by atoms with Crippen LogP contribution in [0, 0.1) is 6.92 Å². The number of likely N-dealkylation sites (tertiary alicyclic amines) is 1. The summed E-state index contributed by atoms with van der Waals surface area (Å²) in [6.07, 6.45) is 0.782. The van der Waals surface area contributed by atoms with Crippen LogP contribution in [0.1, 0.15) is 12.1 Å². The van der Waals surface area contributed by atoms with E-state index in [4.69, 9.17) is 5.84 Å². The Morgan fingerprint density at radius 1 is 1.53 bits per heavy atom. The zero-order valence-electron chi connectivity index (χ0n) is 9.90. The fraction of sp³-hybridized carbons (Fsp3) is 0.500. The highest BCUT2D eigenvalue weighted by molar-refractivity contribution is 5.86. The Hall–Kier alpha value is -1.89. The second-order valence-electron chi connectivity index (χ2n) is 4.11. The molecule has 2 heterocycles. The van der Waals surface area contributed by atoms with Crippen molar-refractivity contribution < 1.29 is 4.79 Å². The van der Waals surface area contributed by atoms with Crippen molar-refractivity contribution >= 4 is 17.7 Å². The molecule has 1 aliphatic rings. The third-order valence-electron chi connectivity index (χ3n) is 2.73. The van der Waals surface area contributed by atoms with Crippen LogP contribution in [0.3, 0.4) is 0 Å². The number of carbonyl (C=O) groups excluding carboxylic acids is 1. The van der Waals surface area contributed by atoms with E-state index in [1.807, 2.05) is 6.92 Å². The Kier molecular flexibility index (Phi) is 3.10. The molecule has 4 N–H and O–H groups in total. The molecule has 1 amide bonds. The van der Waals surface area contributed by atoms with Gasteiger partial charge in [-0.15, -0.1) is 0 Å². The van der Waals surface area contributed by atoms with Gasteiger partial charge in [-0.3, -0.25) is 10.2 Å². The first-order chi connectivity index (χ1) is 8.10. The highest BCUT2D eigenvalue weighted by atomic mass is 16.2. The first-order valence-electron chi connectivity index (χ1n) is 5.44. The summed E-state index contributed by atoms with van der Waals surface area (Å²) in [5, 5.41) is 3.10. The van der Waals surface area contributed by atoms with Gasteiger partial charge in [0.2, 0.25) is 11.9 Å². The second-order valence-corrected chi connectivity index (χ2v) is 4.11. The summed E-state index contributed by atoms with van der Waals surface area (Å²) < 4.78 is 0. The van der Waals surface area contributed by atoms with Crippen LogP contribution >= 0.6 is 0 Å². The Morgan fingerprint density at radius 2 is 2.29 bits per heavy atom. The van der Waals surface area contributed by atoms with Crippen molar-refractivity contribution in [2.45, 2.75) is 19.4 Å². The summed E-state index contributed by atoms with van der Waals surface area (Å²) in [6.45, 7) is 2.61. The monoisotopic (exact) mass is 236 g/mol. The minimum atomic E-state index is -0.208. The first-order valence-corrected chi connectivity index (χ1v) is 5.44. The molecule has 0 spiro atoms. The van der Waals surface area contributed by atoms with Gasteiger partial charge in [-0.25, -0.2) is 10.8 Å². The molecular weight excluding hydrogens is 220 g/mol. The van der Waals surface area contributed by atoms with Crippen LogP contribution in [-0.4, -0.2) is 40.4 Å². The minimum absolute atomic E-state index is 0.0866. The second kappa shape index (κ2) is 4.54. The molecule has 1 aliphatic heterocycles. The molecule has 1 aromatic rings. The van der Waals surface area contributed by atoms with Crippen LogP contribution in [0.15, 0.2) is 6.07 Å². The van der Waals surface area contributed by atoms with Crippen LogP contribution in [0.25, 0.3) is 0 Å². The Labute approximate surface area is 99.4 Å². The van der Waals surface area contributed by atoms with Gasteiger partial charge in [0.05, 0.1) is 0 Å². The molecule has 0 saturated carbocycles. The molecule has 0 aliphatic carbocycles. The maximum atomic E-state index is 11.7. The number of rotatable bonds is 3. The number of anilines is 2. The van der Waals surface area contributed by atoms with Gasteiger partial charge >= 0.3 is 0 Å². The molecular formula is C10H16N6O. The number of aryl methyl sites for hydroxylation is 1. The SMILES string of the molecule is Cc1cc(NC2CCN(C)C2=O)nc(NN)n1. The maximum absolute atomic E-state index is 11.7. The van der Waals surface area contributed by atoms with Crippen molar-refractivity contribution in [1.29, 1.82) is 0 Å². The summed E-state index contributed by atoms with van der Waals surface area (Å²) in [7, 11) is 1.79. The van der Waals surface area contributed by atoms with Crippen LogP contribution in [-0.2, 0) is 4.79 Å². The molecule has 2 rings (SSSR count). The normalized spacial score (nSPS) is 19.6. The van der Waals surface area contributed by atoms with Crippen molar-refractivity contribution in [3.8, 4) is 0 Å². The lowest BCUT2D eigenvalue weighted by Crippen LogP contribution is -2.31. The highest BCUT2D eigenvalue weighted by Crippen LogP contribution is 2.16. The molecule has 17 heavy (non-hydrogen) atoms. The fourth-order valence-electron chi connectivity index (χ4n) is 1.84. The highest BCUT2D eigenvalue weighted by Gasteiger charge is 2.29. The molecule has 1 unspecified atom stereocenters. The number of nitrogens with two attached hydrogens (primary N) is 1. The van der Waals surface area contributed by atoms with Gasteiger partial charge in [-0.1, -0.05) is 0 Å². The van der Waals surface area contributed by atoms with Gasteiger partial charge in [0, 0.05) is 25.4 Å². The average Bonchev–Trinajstić information content (AvgIpc) is 2.60. The maximum Gasteiger partial charge on any atom is 0.244 e. The van der Waals surface area contributed by atoms with Gasteiger partial charge < -0.3 is 10.2 Å². The molecule has 1 aromatic heterocycles. The van der Waals surface area contributed by atoms with Crippen molar-refractivity contribution in [2.75, 3.05) is 24.3 Å². The number of amides is 1. The van der Waals surface area contributed by atoms with Crippen molar-refractivity contribution in [3.05, 3.63) is 11.8 Å².